The van der Waals surface area contributed by atoms with Crippen LogP contribution in [0.2, 0.25) is 0 Å². The molecular weight excluding hydrogens is 370 g/mol. The number of Topliss-reactive ketones (excluding diaryl/α,β-unsaturated/α-hetero) is 1. The minimum atomic E-state index is -0.586. The maximum absolute atomic E-state index is 13.4. The van der Waals surface area contributed by atoms with E-state index in [4.69, 9.17) is 4.99 Å². The number of aromatic nitrogens is 1. The number of piperazine rings is 1. The summed E-state index contributed by atoms with van der Waals surface area (Å²) in [6.07, 6.45) is 1.33. The van der Waals surface area contributed by atoms with Crippen LogP contribution in [0.3, 0.4) is 0 Å². The van der Waals surface area contributed by atoms with Gasteiger partial charge in [-0.1, -0.05) is 37.3 Å². The molecule has 8 heteroatoms. The molecule has 150 valence electrons. The maximum atomic E-state index is 13.4. The zero-order valence-electron chi connectivity index (χ0n) is 16.3. The van der Waals surface area contributed by atoms with Crippen LogP contribution in [0.5, 0.6) is 0 Å². The third-order valence-corrected chi connectivity index (χ3v) is 5.61. The van der Waals surface area contributed by atoms with E-state index in [1.807, 2.05) is 30.3 Å². The predicted octanol–water partition coefficient (Wildman–Crippen LogP) is 2.68. The Balaban J connectivity index is 1.69. The number of carbonyl (C=O) groups is 1. The number of hydrogen-bond donors (Lipinski definition) is 0. The van der Waals surface area contributed by atoms with Crippen LogP contribution < -0.4 is 0 Å². The van der Waals surface area contributed by atoms with E-state index in [9.17, 15) is 14.9 Å². The van der Waals surface area contributed by atoms with Gasteiger partial charge in [0, 0.05) is 44.5 Å². The minimum absolute atomic E-state index is 0.158. The van der Waals surface area contributed by atoms with Gasteiger partial charge >= 0.3 is 5.82 Å². The van der Waals surface area contributed by atoms with Crippen molar-refractivity contribution < 1.29 is 9.72 Å². The number of hydrogen-bond acceptors (Lipinski definition) is 7. The summed E-state index contributed by atoms with van der Waals surface area (Å²) in [4.78, 5) is 37.2. The molecule has 0 amide bonds. The van der Waals surface area contributed by atoms with Crippen LogP contribution in [0, 0.1) is 10.1 Å². The van der Waals surface area contributed by atoms with Gasteiger partial charge in [-0.15, -0.1) is 0 Å². The fourth-order valence-electron chi connectivity index (χ4n) is 3.96. The van der Waals surface area contributed by atoms with Gasteiger partial charge in [0.1, 0.15) is 5.69 Å². The maximum Gasteiger partial charge on any atom is 0.364 e. The van der Waals surface area contributed by atoms with Crippen molar-refractivity contribution in [1.82, 2.24) is 14.8 Å². The first-order valence-electron chi connectivity index (χ1n) is 9.82. The molecule has 0 N–H and O–H groups in total. The minimum Gasteiger partial charge on any atom is -0.358 e. The summed E-state index contributed by atoms with van der Waals surface area (Å²) in [5, 5.41) is 11.1. The Morgan fingerprint density at radius 3 is 2.48 bits per heavy atom. The summed E-state index contributed by atoms with van der Waals surface area (Å²) in [5.74, 6) is -1.03. The van der Waals surface area contributed by atoms with E-state index in [1.165, 1.54) is 12.3 Å². The van der Waals surface area contributed by atoms with Gasteiger partial charge < -0.3 is 15.0 Å². The molecule has 1 atom stereocenters. The van der Waals surface area contributed by atoms with E-state index < -0.39 is 10.8 Å². The Kier molecular flexibility index (Phi) is 5.46. The van der Waals surface area contributed by atoms with Crippen molar-refractivity contribution in [3.8, 4) is 0 Å². The van der Waals surface area contributed by atoms with Gasteiger partial charge in [0.05, 0.1) is 11.5 Å². The third-order valence-electron chi connectivity index (χ3n) is 5.61. The second-order valence-electron chi connectivity index (χ2n) is 7.34. The molecule has 0 bridgehead atoms. The smallest absolute Gasteiger partial charge is 0.358 e. The van der Waals surface area contributed by atoms with Gasteiger partial charge in [-0.05, 0) is 22.0 Å². The van der Waals surface area contributed by atoms with E-state index in [0.29, 0.717) is 12.2 Å². The summed E-state index contributed by atoms with van der Waals surface area (Å²) < 4.78 is 0. The van der Waals surface area contributed by atoms with Crippen molar-refractivity contribution in [2.75, 3.05) is 39.3 Å². The molecule has 29 heavy (non-hydrogen) atoms. The molecule has 0 radical (unpaired) electrons. The molecule has 1 fully saturated rings. The summed E-state index contributed by atoms with van der Waals surface area (Å²) >= 11 is 0. The molecule has 1 aromatic heterocycles. The van der Waals surface area contributed by atoms with E-state index in [-0.39, 0.29) is 17.2 Å². The first kappa shape index (κ1) is 19.4. The highest BCUT2D eigenvalue weighted by molar-refractivity contribution is 6.22. The lowest BCUT2D eigenvalue weighted by atomic mass is 9.84. The van der Waals surface area contributed by atoms with Crippen LogP contribution in [0.15, 0.2) is 47.6 Å². The number of nitrogens with zero attached hydrogens (tertiary/aromatic N) is 5. The quantitative estimate of drug-likeness (QED) is 0.573. The topological polar surface area (TPSA) is 91.9 Å². The summed E-state index contributed by atoms with van der Waals surface area (Å²) in [6, 6.07) is 10.8. The van der Waals surface area contributed by atoms with Crippen molar-refractivity contribution >= 4 is 23.0 Å². The number of pyridine rings is 1. The van der Waals surface area contributed by atoms with Crippen molar-refractivity contribution in [3.63, 3.8) is 0 Å². The molecule has 3 heterocycles. The number of benzene rings is 1. The number of likely N-dealkylation sites (N-methyl/N-ethyl adjacent to an activating group) is 1. The Hall–Kier alpha value is -2.97. The molecular formula is C21H23N5O3. The molecule has 4 rings (SSSR count). The molecule has 2 aliphatic heterocycles. The lowest BCUT2D eigenvalue weighted by molar-refractivity contribution is -0.389. The van der Waals surface area contributed by atoms with Crippen LogP contribution in [0.25, 0.3) is 0 Å². The number of carbonyl (C=O) groups excluding carboxylic acids is 1. The van der Waals surface area contributed by atoms with Crippen LogP contribution in [0.1, 0.15) is 28.8 Å². The molecule has 1 unspecified atom stereocenters. The standard InChI is InChI=1S/C21H23N5O3/c1-2-24-8-10-25(11-9-24)14-18-20(15-6-4-3-5-7-15)21(27)16-12-19(26(28)29)22-13-17(16)23-18/h3-7,12-13,20H,2,8-11,14H2,1H3. The van der Waals surface area contributed by atoms with E-state index in [0.717, 1.165) is 44.0 Å². The zero-order chi connectivity index (χ0) is 20.4. The Morgan fingerprint density at radius 2 is 1.83 bits per heavy atom. The predicted molar refractivity (Wildman–Crippen MR) is 110 cm³/mol. The second-order valence-corrected chi connectivity index (χ2v) is 7.34. The van der Waals surface area contributed by atoms with Crippen molar-refractivity contribution in [2.45, 2.75) is 12.8 Å². The van der Waals surface area contributed by atoms with E-state index in [2.05, 4.69) is 21.7 Å². The van der Waals surface area contributed by atoms with Crippen molar-refractivity contribution in [1.29, 1.82) is 0 Å². The summed E-state index contributed by atoms with van der Waals surface area (Å²) in [5.41, 5.74) is 2.30. The first-order chi connectivity index (χ1) is 14.1. The molecule has 1 saturated heterocycles. The van der Waals surface area contributed by atoms with Crippen LogP contribution in [-0.2, 0) is 0 Å². The molecule has 2 aromatic rings. The van der Waals surface area contributed by atoms with Gasteiger partial charge in [0.2, 0.25) is 0 Å². The number of rotatable bonds is 5. The Bertz CT molecular complexity index is 952. The van der Waals surface area contributed by atoms with Gasteiger partial charge in [-0.25, -0.2) is 0 Å². The number of nitro groups is 1. The molecule has 0 saturated carbocycles. The number of fused-ring (bicyclic) bond motifs is 1. The normalized spacial score (nSPS) is 20.2. The van der Waals surface area contributed by atoms with Gasteiger partial charge in [-0.3, -0.25) is 14.7 Å². The average Bonchev–Trinajstić information content (AvgIpc) is 2.75. The molecule has 1 aromatic carbocycles. The highest BCUT2D eigenvalue weighted by Crippen LogP contribution is 2.35. The molecule has 8 nitrogen and oxygen atoms in total. The Labute approximate surface area is 169 Å². The van der Waals surface area contributed by atoms with Crippen molar-refractivity contribution in [2.24, 2.45) is 4.99 Å². The number of ketones is 1. The largest absolute Gasteiger partial charge is 0.364 e. The van der Waals surface area contributed by atoms with Gasteiger partial charge in [0.25, 0.3) is 0 Å². The highest BCUT2D eigenvalue weighted by atomic mass is 16.6. The summed E-state index contributed by atoms with van der Waals surface area (Å²) in [6.45, 7) is 7.64. The fourth-order valence-corrected chi connectivity index (χ4v) is 3.96. The van der Waals surface area contributed by atoms with Crippen LogP contribution >= 0.6 is 0 Å². The first-order valence-corrected chi connectivity index (χ1v) is 9.82. The van der Waals surface area contributed by atoms with Gasteiger partial charge in [-0.2, -0.15) is 0 Å². The van der Waals surface area contributed by atoms with Crippen LogP contribution in [-0.4, -0.2) is 70.5 Å². The zero-order valence-corrected chi connectivity index (χ0v) is 16.3. The SMILES string of the molecule is CCN1CCN(CC2=Nc3cnc([N+](=O)[O-])cc3C(=O)C2c2ccccc2)CC1. The molecule has 0 aliphatic carbocycles. The average molecular weight is 393 g/mol. The lowest BCUT2D eigenvalue weighted by Crippen LogP contribution is -2.48. The third kappa shape index (κ3) is 3.94. The Morgan fingerprint density at radius 1 is 1.14 bits per heavy atom. The molecule has 2 aliphatic rings. The van der Waals surface area contributed by atoms with E-state index >= 15 is 0 Å². The fraction of sp³-hybridized carbons (Fsp3) is 0.381. The van der Waals surface area contributed by atoms with Crippen LogP contribution in [0.4, 0.5) is 11.5 Å². The monoisotopic (exact) mass is 393 g/mol. The highest BCUT2D eigenvalue weighted by Gasteiger charge is 2.35. The second kappa shape index (κ2) is 8.18. The van der Waals surface area contributed by atoms with Gasteiger partial charge in [0.15, 0.2) is 12.0 Å². The summed E-state index contributed by atoms with van der Waals surface area (Å²) in [7, 11) is 0. The molecule has 0 spiro atoms. The lowest BCUT2D eigenvalue weighted by Gasteiger charge is -2.35. The van der Waals surface area contributed by atoms with Crippen molar-refractivity contribution in [3.05, 3.63) is 63.8 Å². The van der Waals surface area contributed by atoms with E-state index in [1.54, 1.807) is 0 Å². The number of aliphatic imine (C=N–C) groups is 1.